The summed E-state index contributed by atoms with van der Waals surface area (Å²) < 4.78 is 10.1. The van der Waals surface area contributed by atoms with Gasteiger partial charge in [-0.3, -0.25) is 0 Å². The van der Waals surface area contributed by atoms with Crippen LogP contribution in [0.4, 0.5) is 0 Å². The van der Waals surface area contributed by atoms with Crippen molar-refractivity contribution in [2.24, 2.45) is 7.05 Å². The third-order valence-electron chi connectivity index (χ3n) is 5.42. The normalized spacial score (nSPS) is 19.5. The molecule has 5 nitrogen and oxygen atoms in total. The fourth-order valence-electron chi connectivity index (χ4n) is 3.02. The molecule has 24 heavy (non-hydrogen) atoms. The van der Waals surface area contributed by atoms with E-state index in [9.17, 15) is 4.79 Å². The van der Waals surface area contributed by atoms with E-state index in [0.717, 1.165) is 24.9 Å². The average Bonchev–Trinajstić information content (AvgIpc) is 3.02. The zero-order valence-electron chi connectivity index (χ0n) is 15.3. The molecular weight excluding hydrogens is 337 g/mol. The molecule has 0 aromatic carbocycles. The smallest absolute Gasteiger partial charge is 0.293 e. The molecule has 0 aliphatic carbocycles. The first kappa shape index (κ1) is 17.9. The lowest BCUT2D eigenvalue weighted by Crippen LogP contribution is -2.46. The lowest BCUT2D eigenvalue weighted by atomic mass is 9.89. The van der Waals surface area contributed by atoms with Crippen molar-refractivity contribution in [2.45, 2.75) is 51.6 Å². The molecule has 0 fully saturated rings. The van der Waals surface area contributed by atoms with Gasteiger partial charge in [0.25, 0.3) is 7.41 Å². The van der Waals surface area contributed by atoms with Crippen molar-refractivity contribution in [1.29, 1.82) is 0 Å². The summed E-state index contributed by atoms with van der Waals surface area (Å²) in [5.74, 6) is 0. The minimum atomic E-state index is -1.92. The van der Waals surface area contributed by atoms with Crippen LogP contribution in [0.25, 0.3) is 10.3 Å². The van der Waals surface area contributed by atoms with Gasteiger partial charge in [-0.1, -0.05) is 20.8 Å². The van der Waals surface area contributed by atoms with Gasteiger partial charge in [-0.2, -0.15) is 0 Å². The molecule has 129 valence electrons. The zero-order chi connectivity index (χ0) is 17.7. The van der Waals surface area contributed by atoms with Crippen molar-refractivity contribution in [3.63, 3.8) is 0 Å². The summed E-state index contributed by atoms with van der Waals surface area (Å²) in [5, 5.41) is 0.144. The van der Waals surface area contributed by atoms with E-state index in [1.165, 1.54) is 16.0 Å². The summed E-state index contributed by atoms with van der Waals surface area (Å²) in [6.07, 6.45) is 0.841. The Balaban J connectivity index is 2.05. The van der Waals surface area contributed by atoms with E-state index in [0.29, 0.717) is 0 Å². The van der Waals surface area contributed by atoms with Crippen LogP contribution < -0.4 is 0 Å². The number of hydrogen-bond acceptors (Lipinski definition) is 5. The third kappa shape index (κ3) is 2.89. The zero-order valence-corrected chi connectivity index (χ0v) is 17.1. The number of rotatable bonds is 4. The summed E-state index contributed by atoms with van der Waals surface area (Å²) in [6, 6.07) is 0. The Morgan fingerprint density at radius 3 is 2.79 bits per heavy atom. The van der Waals surface area contributed by atoms with Gasteiger partial charge in [0.05, 0.1) is 22.5 Å². The largest absolute Gasteiger partial charge is 0.409 e. The number of carbonyl (C=O) groups excluding carboxylic acids is 1. The van der Waals surface area contributed by atoms with E-state index in [-0.39, 0.29) is 11.1 Å². The second-order valence-corrected chi connectivity index (χ2v) is 13.6. The molecule has 0 N–H and O–H groups in total. The minimum absolute atomic E-state index is 0.0185. The number of carbonyl (C=O) groups is 1. The predicted octanol–water partition coefficient (Wildman–Crippen LogP) is 3.32. The van der Waals surface area contributed by atoms with Crippen LogP contribution in [0.15, 0.2) is 5.51 Å². The van der Waals surface area contributed by atoms with E-state index >= 15 is 0 Å². The van der Waals surface area contributed by atoms with Crippen molar-refractivity contribution in [3.05, 3.63) is 16.8 Å². The first-order valence-corrected chi connectivity index (χ1v) is 12.1. The molecule has 2 aromatic rings. The van der Waals surface area contributed by atoms with E-state index in [4.69, 9.17) is 4.43 Å². The molecule has 0 amide bonds. The highest BCUT2D eigenvalue weighted by atomic mass is 32.1. The van der Waals surface area contributed by atoms with Gasteiger partial charge in [0.1, 0.15) is 0 Å². The Bertz CT molecular complexity index is 765. The molecule has 2 aromatic heterocycles. The Labute approximate surface area is 149 Å². The van der Waals surface area contributed by atoms with E-state index in [1.54, 1.807) is 18.8 Å². The van der Waals surface area contributed by atoms with E-state index in [2.05, 4.69) is 55.3 Å². The van der Waals surface area contributed by atoms with Crippen LogP contribution in [0.1, 0.15) is 38.1 Å². The van der Waals surface area contributed by atoms with Gasteiger partial charge < -0.3 is 18.6 Å². The highest BCUT2D eigenvalue weighted by Gasteiger charge is 2.42. The molecule has 3 heterocycles. The van der Waals surface area contributed by atoms with Gasteiger partial charge in [-0.15, -0.1) is 11.3 Å². The predicted molar refractivity (Wildman–Crippen MR) is 103 cm³/mol. The van der Waals surface area contributed by atoms with Crippen molar-refractivity contribution < 1.29 is 9.22 Å². The summed E-state index contributed by atoms with van der Waals surface area (Å²) in [7, 11) is 1.75. The maximum Gasteiger partial charge on any atom is 0.293 e. The van der Waals surface area contributed by atoms with Gasteiger partial charge in [0, 0.05) is 31.4 Å². The number of hydrogen-bond donors (Lipinski definition) is 0. The molecule has 8 heteroatoms. The standard InChI is InChI=1S/C16H25BN3O2SSi/c1-16(2,3)24(5,6)22-12-8-20(17-9-21)7-11-13(12)14-15(19(11)4)18-10-23-14/h9-10,12H,7-8H2,1-6H3. The molecule has 0 bridgehead atoms. The number of nitrogens with zero attached hydrogens (tertiary/aromatic N) is 3. The number of aromatic nitrogens is 2. The van der Waals surface area contributed by atoms with Crippen molar-refractivity contribution >= 4 is 43.6 Å². The van der Waals surface area contributed by atoms with Crippen molar-refractivity contribution in [1.82, 2.24) is 14.4 Å². The molecule has 1 aliphatic rings. The highest BCUT2D eigenvalue weighted by molar-refractivity contribution is 7.17. The van der Waals surface area contributed by atoms with Crippen LogP contribution in [0, 0.1) is 0 Å². The van der Waals surface area contributed by atoms with Gasteiger partial charge >= 0.3 is 0 Å². The summed E-state index contributed by atoms with van der Waals surface area (Å²) >= 11 is 1.68. The third-order valence-corrected chi connectivity index (χ3v) is 10.8. The number of aryl methyl sites for hydroxylation is 1. The van der Waals surface area contributed by atoms with E-state index < -0.39 is 8.32 Å². The summed E-state index contributed by atoms with van der Waals surface area (Å²) in [6.45, 7) is 12.8. The van der Waals surface area contributed by atoms with Crippen LogP contribution in [-0.2, 0) is 22.8 Å². The maximum atomic E-state index is 11.0. The van der Waals surface area contributed by atoms with Crippen LogP contribution in [-0.4, -0.2) is 42.8 Å². The monoisotopic (exact) mass is 362 g/mol. The fraction of sp³-hybridized carbons (Fsp3) is 0.625. The quantitative estimate of drug-likeness (QED) is 0.618. The maximum absolute atomic E-state index is 11.0. The summed E-state index contributed by atoms with van der Waals surface area (Å²) in [5.41, 5.74) is 5.40. The first-order valence-electron chi connectivity index (χ1n) is 8.27. The molecule has 1 aliphatic heterocycles. The molecule has 0 saturated carbocycles. The second-order valence-electron chi connectivity index (χ2n) is 8.01. The van der Waals surface area contributed by atoms with Crippen LogP contribution in [0.2, 0.25) is 18.1 Å². The Morgan fingerprint density at radius 1 is 1.46 bits per heavy atom. The van der Waals surface area contributed by atoms with Gasteiger partial charge in [-0.05, 0) is 18.1 Å². The van der Waals surface area contributed by atoms with Gasteiger partial charge in [0.15, 0.2) is 14.0 Å². The van der Waals surface area contributed by atoms with E-state index in [1.807, 2.05) is 5.51 Å². The summed E-state index contributed by atoms with van der Waals surface area (Å²) in [4.78, 5) is 17.6. The molecule has 1 radical (unpaired) electrons. The Hall–Kier alpha value is -0.958. The highest BCUT2D eigenvalue weighted by Crippen LogP contribution is 2.44. The number of fused-ring (bicyclic) bond motifs is 3. The molecule has 0 spiro atoms. The minimum Gasteiger partial charge on any atom is -0.409 e. The van der Waals surface area contributed by atoms with Crippen LogP contribution >= 0.6 is 11.3 Å². The topological polar surface area (TPSA) is 47.4 Å². The lowest BCUT2D eigenvalue weighted by molar-refractivity contribution is 0.139. The second kappa shape index (κ2) is 6.09. The lowest BCUT2D eigenvalue weighted by Gasteiger charge is -2.42. The Kier molecular flexibility index (Phi) is 4.53. The first-order chi connectivity index (χ1) is 11.2. The SMILES string of the molecule is Cn1c2c(c3scnc31)C(O[Si](C)(C)C(C)(C)C)CN([B]C=O)C2. The molecule has 1 unspecified atom stereocenters. The molecule has 1 atom stereocenters. The molecular formula is C16H25BN3O2SSi. The Morgan fingerprint density at radius 2 is 2.17 bits per heavy atom. The fourth-order valence-corrected chi connectivity index (χ4v) is 5.20. The van der Waals surface area contributed by atoms with Crippen molar-refractivity contribution in [2.75, 3.05) is 6.54 Å². The van der Waals surface area contributed by atoms with Crippen molar-refractivity contribution in [3.8, 4) is 0 Å². The van der Waals surface area contributed by atoms with Crippen LogP contribution in [0.5, 0.6) is 0 Å². The number of thiazole rings is 1. The average molecular weight is 362 g/mol. The van der Waals surface area contributed by atoms with Gasteiger partial charge in [-0.25, -0.2) is 4.98 Å². The van der Waals surface area contributed by atoms with Gasteiger partial charge in [0.2, 0.25) is 0 Å². The molecule has 3 rings (SSSR count). The molecule has 0 saturated heterocycles. The van der Waals surface area contributed by atoms with Crippen LogP contribution in [0.3, 0.4) is 0 Å².